The van der Waals surface area contributed by atoms with Crippen molar-refractivity contribution in [2.45, 2.75) is 19.4 Å². The third-order valence-electron chi connectivity index (χ3n) is 3.38. The van der Waals surface area contributed by atoms with Crippen LogP contribution in [0.2, 0.25) is 5.02 Å². The number of halogens is 1. The number of hydrogen-bond donors (Lipinski definition) is 1. The summed E-state index contributed by atoms with van der Waals surface area (Å²) < 4.78 is 0. The molecule has 0 aliphatic heterocycles. The van der Waals surface area contributed by atoms with E-state index in [1.807, 2.05) is 24.3 Å². The summed E-state index contributed by atoms with van der Waals surface area (Å²) in [6, 6.07) is 14.6. The zero-order valence-corrected chi connectivity index (χ0v) is 12.5. The summed E-state index contributed by atoms with van der Waals surface area (Å²) in [5, 5.41) is 14.7. The van der Waals surface area contributed by atoms with Crippen LogP contribution in [0.1, 0.15) is 24.1 Å². The van der Waals surface area contributed by atoms with Crippen molar-refractivity contribution in [1.29, 1.82) is 0 Å². The molecule has 4 nitrogen and oxygen atoms in total. The minimum absolute atomic E-state index is 0.121. The first-order valence-electron chi connectivity index (χ1n) is 6.79. The molecule has 0 spiro atoms. The van der Waals surface area contributed by atoms with E-state index in [2.05, 4.69) is 12.2 Å². The summed E-state index contributed by atoms with van der Waals surface area (Å²) >= 11 is 6.16. The van der Waals surface area contributed by atoms with Gasteiger partial charge in [0.2, 0.25) is 0 Å². The summed E-state index contributed by atoms with van der Waals surface area (Å²) in [6.45, 7) is 2.85. The molecule has 2 aromatic carbocycles. The highest BCUT2D eigenvalue weighted by Crippen LogP contribution is 2.22. The minimum atomic E-state index is -0.387. The van der Waals surface area contributed by atoms with Crippen LogP contribution in [0.3, 0.4) is 0 Å². The molecule has 0 amide bonds. The number of nitrogens with zero attached hydrogens (tertiary/aromatic N) is 1. The summed E-state index contributed by atoms with van der Waals surface area (Å²) in [4.78, 5) is 10.2. The lowest BCUT2D eigenvalue weighted by atomic mass is 10.1. The zero-order chi connectivity index (χ0) is 15.2. The maximum atomic E-state index is 10.6. The van der Waals surface area contributed by atoms with Gasteiger partial charge < -0.3 is 5.32 Å². The van der Waals surface area contributed by atoms with E-state index in [1.54, 1.807) is 12.1 Å². The van der Waals surface area contributed by atoms with Gasteiger partial charge in [0.25, 0.3) is 5.69 Å². The first-order valence-corrected chi connectivity index (χ1v) is 7.17. The van der Waals surface area contributed by atoms with Gasteiger partial charge in [0.05, 0.1) is 4.92 Å². The minimum Gasteiger partial charge on any atom is -0.310 e. The first kappa shape index (κ1) is 15.5. The monoisotopic (exact) mass is 304 g/mol. The molecule has 0 saturated carbocycles. The standard InChI is InChI=1S/C16H17ClN2O2/c1-12(15-4-2-3-5-16(15)17)18-11-10-13-6-8-14(9-7-13)19(20)21/h2-9,12,18H,10-11H2,1H3/t12-/m0/s1. The maximum absolute atomic E-state index is 10.6. The predicted octanol–water partition coefficient (Wildman–Crippen LogP) is 4.14. The second-order valence-electron chi connectivity index (χ2n) is 4.87. The van der Waals surface area contributed by atoms with Gasteiger partial charge in [-0.2, -0.15) is 0 Å². The normalized spacial score (nSPS) is 12.1. The van der Waals surface area contributed by atoms with Gasteiger partial charge in [0.1, 0.15) is 0 Å². The Morgan fingerprint density at radius 2 is 1.86 bits per heavy atom. The number of non-ortho nitro benzene ring substituents is 1. The molecular weight excluding hydrogens is 288 g/mol. The molecule has 110 valence electrons. The van der Waals surface area contributed by atoms with Gasteiger partial charge >= 0.3 is 0 Å². The van der Waals surface area contributed by atoms with E-state index in [9.17, 15) is 10.1 Å². The fourth-order valence-electron chi connectivity index (χ4n) is 2.15. The number of nitro groups is 1. The van der Waals surface area contributed by atoms with Crippen LogP contribution >= 0.6 is 11.6 Å². The lowest BCUT2D eigenvalue weighted by Gasteiger charge is -2.15. The third-order valence-corrected chi connectivity index (χ3v) is 3.73. The van der Waals surface area contributed by atoms with Crippen molar-refractivity contribution in [3.63, 3.8) is 0 Å². The summed E-state index contributed by atoms with van der Waals surface area (Å²) in [6.07, 6.45) is 0.812. The number of rotatable bonds is 6. The van der Waals surface area contributed by atoms with Crippen LogP contribution in [-0.2, 0) is 6.42 Å². The van der Waals surface area contributed by atoms with Gasteiger partial charge in [-0.05, 0) is 37.1 Å². The van der Waals surface area contributed by atoms with Crippen LogP contribution in [0.4, 0.5) is 5.69 Å². The fourth-order valence-corrected chi connectivity index (χ4v) is 2.45. The molecule has 0 unspecified atom stereocenters. The number of nitro benzene ring substituents is 1. The van der Waals surface area contributed by atoms with Crippen molar-refractivity contribution in [1.82, 2.24) is 5.32 Å². The van der Waals surface area contributed by atoms with Gasteiger partial charge in [0, 0.05) is 23.2 Å². The SMILES string of the molecule is C[C@H](NCCc1ccc([N+](=O)[O-])cc1)c1ccccc1Cl. The van der Waals surface area contributed by atoms with Crippen molar-refractivity contribution < 1.29 is 4.92 Å². The molecule has 0 heterocycles. The topological polar surface area (TPSA) is 55.2 Å². The molecule has 0 aliphatic rings. The Bertz CT molecular complexity index is 614. The molecule has 0 bridgehead atoms. The lowest BCUT2D eigenvalue weighted by Crippen LogP contribution is -2.21. The number of hydrogen-bond acceptors (Lipinski definition) is 3. The summed E-state index contributed by atoms with van der Waals surface area (Å²) in [5.74, 6) is 0. The molecule has 2 rings (SSSR count). The molecule has 21 heavy (non-hydrogen) atoms. The van der Waals surface area contributed by atoms with Gasteiger partial charge in [-0.3, -0.25) is 10.1 Å². The van der Waals surface area contributed by atoms with E-state index in [1.165, 1.54) is 12.1 Å². The Morgan fingerprint density at radius 3 is 2.48 bits per heavy atom. The van der Waals surface area contributed by atoms with Gasteiger partial charge in [-0.15, -0.1) is 0 Å². The van der Waals surface area contributed by atoms with Crippen LogP contribution in [0.5, 0.6) is 0 Å². The Morgan fingerprint density at radius 1 is 1.19 bits per heavy atom. The van der Waals surface area contributed by atoms with E-state index in [0.717, 1.165) is 29.1 Å². The molecule has 2 aromatic rings. The fraction of sp³-hybridized carbons (Fsp3) is 0.250. The van der Waals surface area contributed by atoms with Crippen LogP contribution in [0.25, 0.3) is 0 Å². The molecular formula is C16H17ClN2O2. The Kier molecular flexibility index (Phi) is 5.31. The predicted molar refractivity (Wildman–Crippen MR) is 84.7 cm³/mol. The molecule has 0 fully saturated rings. The second-order valence-corrected chi connectivity index (χ2v) is 5.28. The molecule has 1 atom stereocenters. The average Bonchev–Trinajstić information content (AvgIpc) is 2.48. The van der Waals surface area contributed by atoms with Crippen molar-refractivity contribution in [3.8, 4) is 0 Å². The first-order chi connectivity index (χ1) is 10.1. The summed E-state index contributed by atoms with van der Waals surface area (Å²) in [7, 11) is 0. The average molecular weight is 305 g/mol. The van der Waals surface area contributed by atoms with Crippen molar-refractivity contribution in [2.75, 3.05) is 6.54 Å². The van der Waals surface area contributed by atoms with E-state index in [-0.39, 0.29) is 16.7 Å². The largest absolute Gasteiger partial charge is 0.310 e. The molecule has 0 saturated heterocycles. The Hall–Kier alpha value is -1.91. The van der Waals surface area contributed by atoms with Gasteiger partial charge in [0.15, 0.2) is 0 Å². The number of nitrogens with one attached hydrogen (secondary N) is 1. The van der Waals surface area contributed by atoms with Crippen LogP contribution in [-0.4, -0.2) is 11.5 Å². The highest BCUT2D eigenvalue weighted by molar-refractivity contribution is 6.31. The molecule has 1 N–H and O–H groups in total. The van der Waals surface area contributed by atoms with E-state index in [0.29, 0.717) is 0 Å². The number of benzene rings is 2. The van der Waals surface area contributed by atoms with E-state index in [4.69, 9.17) is 11.6 Å². The quantitative estimate of drug-likeness (QED) is 0.644. The molecule has 0 radical (unpaired) electrons. The zero-order valence-electron chi connectivity index (χ0n) is 11.8. The highest BCUT2D eigenvalue weighted by Gasteiger charge is 2.08. The van der Waals surface area contributed by atoms with Crippen LogP contribution in [0, 0.1) is 10.1 Å². The van der Waals surface area contributed by atoms with Crippen molar-refractivity contribution in [2.24, 2.45) is 0 Å². The van der Waals surface area contributed by atoms with Crippen LogP contribution < -0.4 is 5.32 Å². The Labute approximate surface area is 128 Å². The van der Waals surface area contributed by atoms with Crippen molar-refractivity contribution >= 4 is 17.3 Å². The summed E-state index contributed by atoms with van der Waals surface area (Å²) in [5.41, 5.74) is 2.26. The third kappa shape index (κ3) is 4.28. The Balaban J connectivity index is 1.86. The highest BCUT2D eigenvalue weighted by atomic mass is 35.5. The molecule has 5 heteroatoms. The molecule has 0 aromatic heterocycles. The lowest BCUT2D eigenvalue weighted by molar-refractivity contribution is -0.384. The van der Waals surface area contributed by atoms with Crippen LogP contribution in [0.15, 0.2) is 48.5 Å². The molecule has 0 aliphatic carbocycles. The van der Waals surface area contributed by atoms with Gasteiger partial charge in [-0.25, -0.2) is 0 Å². The van der Waals surface area contributed by atoms with Gasteiger partial charge in [-0.1, -0.05) is 41.9 Å². The smallest absolute Gasteiger partial charge is 0.269 e. The van der Waals surface area contributed by atoms with Crippen molar-refractivity contribution in [3.05, 3.63) is 74.8 Å². The van der Waals surface area contributed by atoms with E-state index >= 15 is 0 Å². The second kappa shape index (κ2) is 7.20. The van der Waals surface area contributed by atoms with E-state index < -0.39 is 0 Å². The maximum Gasteiger partial charge on any atom is 0.269 e.